The van der Waals surface area contributed by atoms with Crippen molar-refractivity contribution in [2.24, 2.45) is 0 Å². The third kappa shape index (κ3) is 3.32. The van der Waals surface area contributed by atoms with Crippen molar-refractivity contribution in [3.63, 3.8) is 0 Å². The van der Waals surface area contributed by atoms with Crippen LogP contribution >= 0.6 is 0 Å². The minimum atomic E-state index is 0.738. The highest BCUT2D eigenvalue weighted by Crippen LogP contribution is 2.16. The van der Waals surface area contributed by atoms with E-state index >= 15 is 0 Å². The Morgan fingerprint density at radius 2 is 1.83 bits per heavy atom. The number of rotatable bonds is 3. The molecule has 2 rings (SSSR count). The van der Waals surface area contributed by atoms with Crippen LogP contribution in [0.25, 0.3) is 0 Å². The van der Waals surface area contributed by atoms with Crippen molar-refractivity contribution in [2.45, 2.75) is 25.4 Å². The predicted molar refractivity (Wildman–Crippen MR) is 73.1 cm³/mol. The molecule has 0 amide bonds. The maximum absolute atomic E-state index is 8.77. The van der Waals surface area contributed by atoms with Gasteiger partial charge >= 0.3 is 0 Å². The lowest BCUT2D eigenvalue weighted by molar-refractivity contribution is 0.140. The van der Waals surface area contributed by atoms with Crippen molar-refractivity contribution in [3.8, 4) is 6.07 Å². The van der Waals surface area contributed by atoms with E-state index in [0.29, 0.717) is 0 Å². The average molecular weight is 243 g/mol. The molecule has 1 aliphatic heterocycles. The quantitative estimate of drug-likeness (QED) is 0.814. The van der Waals surface area contributed by atoms with Crippen LogP contribution in [0.2, 0.25) is 0 Å². The van der Waals surface area contributed by atoms with E-state index in [9.17, 15) is 0 Å². The lowest BCUT2D eigenvalue weighted by Gasteiger charge is -2.35. The zero-order chi connectivity index (χ0) is 13.0. The van der Waals surface area contributed by atoms with Crippen molar-refractivity contribution in [1.29, 1.82) is 5.26 Å². The highest BCUT2D eigenvalue weighted by molar-refractivity contribution is 5.31. The van der Waals surface area contributed by atoms with Crippen molar-refractivity contribution in [1.82, 2.24) is 9.80 Å². The molecule has 1 fully saturated rings. The van der Waals surface area contributed by atoms with E-state index in [-0.39, 0.29) is 0 Å². The first-order valence-electron chi connectivity index (χ1n) is 6.57. The van der Waals surface area contributed by atoms with Gasteiger partial charge in [0.15, 0.2) is 0 Å². The zero-order valence-corrected chi connectivity index (χ0v) is 11.3. The summed E-state index contributed by atoms with van der Waals surface area (Å²) >= 11 is 0. The topological polar surface area (TPSA) is 30.3 Å². The summed E-state index contributed by atoms with van der Waals surface area (Å²) in [6.07, 6.45) is 2.51. The molecule has 0 unspecified atom stereocenters. The molecule has 0 saturated carbocycles. The fourth-order valence-electron chi connectivity index (χ4n) is 2.54. The van der Waals surface area contributed by atoms with Crippen LogP contribution in [0.5, 0.6) is 0 Å². The minimum Gasteiger partial charge on any atom is -0.306 e. The highest BCUT2D eigenvalue weighted by Gasteiger charge is 2.20. The molecule has 1 aliphatic rings. The first-order valence-corrected chi connectivity index (χ1v) is 6.57. The third-order valence-electron chi connectivity index (χ3n) is 3.78. The Morgan fingerprint density at radius 1 is 1.22 bits per heavy atom. The predicted octanol–water partition coefficient (Wildman–Crippen LogP) is 2.08. The Bertz CT molecular complexity index is 408. The molecule has 1 saturated heterocycles. The summed E-state index contributed by atoms with van der Waals surface area (Å²) in [5.41, 5.74) is 2.04. The number of nitrogens with zero attached hydrogens (tertiary/aromatic N) is 3. The van der Waals surface area contributed by atoms with Crippen molar-refractivity contribution in [2.75, 3.05) is 27.2 Å². The lowest BCUT2D eigenvalue weighted by Crippen LogP contribution is -2.41. The fourth-order valence-corrected chi connectivity index (χ4v) is 2.54. The molecule has 0 aliphatic carbocycles. The van der Waals surface area contributed by atoms with E-state index < -0.39 is 0 Å². The molecular weight excluding hydrogens is 222 g/mol. The highest BCUT2D eigenvalue weighted by atomic mass is 15.2. The molecule has 0 N–H and O–H groups in total. The maximum Gasteiger partial charge on any atom is 0.0991 e. The average Bonchev–Trinajstić information content (AvgIpc) is 2.40. The van der Waals surface area contributed by atoms with Gasteiger partial charge in [-0.1, -0.05) is 12.1 Å². The summed E-state index contributed by atoms with van der Waals surface area (Å²) in [6, 6.07) is 10.8. The first-order chi connectivity index (χ1) is 8.69. The first kappa shape index (κ1) is 13.1. The molecule has 1 aromatic carbocycles. The molecule has 1 aromatic rings. The molecule has 18 heavy (non-hydrogen) atoms. The summed E-state index contributed by atoms with van der Waals surface area (Å²) in [5, 5.41) is 8.77. The maximum atomic E-state index is 8.77. The molecule has 0 bridgehead atoms. The fraction of sp³-hybridized carbons (Fsp3) is 0.533. The third-order valence-corrected chi connectivity index (χ3v) is 3.78. The van der Waals surface area contributed by atoms with Crippen molar-refractivity contribution < 1.29 is 0 Å². The van der Waals surface area contributed by atoms with Crippen LogP contribution in [0, 0.1) is 11.3 Å². The molecule has 3 nitrogen and oxygen atoms in total. The molecule has 0 aromatic heterocycles. The van der Waals surface area contributed by atoms with Gasteiger partial charge in [0.25, 0.3) is 0 Å². The SMILES string of the molecule is CN(C)C1CCN(Cc2ccc(C#N)cc2)CC1. The van der Waals surface area contributed by atoms with Gasteiger partial charge in [0.2, 0.25) is 0 Å². The van der Waals surface area contributed by atoms with Gasteiger partial charge in [-0.2, -0.15) is 5.26 Å². The number of piperidine rings is 1. The van der Waals surface area contributed by atoms with Crippen LogP contribution < -0.4 is 0 Å². The van der Waals surface area contributed by atoms with E-state index in [1.54, 1.807) is 0 Å². The number of benzene rings is 1. The van der Waals surface area contributed by atoms with Crippen LogP contribution in [0.3, 0.4) is 0 Å². The van der Waals surface area contributed by atoms with E-state index in [4.69, 9.17) is 5.26 Å². The number of hydrogen-bond donors (Lipinski definition) is 0. The molecule has 0 atom stereocenters. The minimum absolute atomic E-state index is 0.738. The van der Waals surface area contributed by atoms with Gasteiger partial charge in [0.05, 0.1) is 11.6 Å². The second kappa shape index (κ2) is 5.99. The second-order valence-corrected chi connectivity index (χ2v) is 5.28. The number of hydrogen-bond acceptors (Lipinski definition) is 3. The van der Waals surface area contributed by atoms with Crippen LogP contribution in [0.4, 0.5) is 0 Å². The van der Waals surface area contributed by atoms with E-state index in [1.807, 2.05) is 12.1 Å². The smallest absolute Gasteiger partial charge is 0.0991 e. The monoisotopic (exact) mass is 243 g/mol. The van der Waals surface area contributed by atoms with Crippen LogP contribution in [0.1, 0.15) is 24.0 Å². The van der Waals surface area contributed by atoms with Gasteiger partial charge in [-0.3, -0.25) is 4.90 Å². The van der Waals surface area contributed by atoms with E-state index in [2.05, 4.69) is 42.1 Å². The summed E-state index contributed by atoms with van der Waals surface area (Å²) in [4.78, 5) is 4.83. The van der Waals surface area contributed by atoms with Gasteiger partial charge in [-0.25, -0.2) is 0 Å². The summed E-state index contributed by atoms with van der Waals surface area (Å²) in [5.74, 6) is 0. The summed E-state index contributed by atoms with van der Waals surface area (Å²) < 4.78 is 0. The Balaban J connectivity index is 1.86. The van der Waals surface area contributed by atoms with Crippen molar-refractivity contribution >= 4 is 0 Å². The van der Waals surface area contributed by atoms with Crippen molar-refractivity contribution in [3.05, 3.63) is 35.4 Å². The normalized spacial score (nSPS) is 17.9. The van der Waals surface area contributed by atoms with Crippen LogP contribution in [-0.2, 0) is 6.54 Å². The van der Waals surface area contributed by atoms with Gasteiger partial charge in [-0.05, 0) is 57.7 Å². The zero-order valence-electron chi connectivity index (χ0n) is 11.3. The summed E-state index contributed by atoms with van der Waals surface area (Å²) in [7, 11) is 4.34. The Kier molecular flexibility index (Phi) is 4.35. The summed E-state index contributed by atoms with van der Waals surface area (Å²) in [6.45, 7) is 3.34. The Labute approximate surface area is 110 Å². The molecule has 96 valence electrons. The number of likely N-dealkylation sites (tertiary alicyclic amines) is 1. The van der Waals surface area contributed by atoms with Gasteiger partial charge < -0.3 is 4.90 Å². The Hall–Kier alpha value is -1.37. The number of nitriles is 1. The molecular formula is C15H21N3. The standard InChI is InChI=1S/C15H21N3/c1-17(2)15-7-9-18(10-8-15)12-14-5-3-13(11-16)4-6-14/h3-6,15H,7-10,12H2,1-2H3. The Morgan fingerprint density at radius 3 is 2.33 bits per heavy atom. The molecule has 0 radical (unpaired) electrons. The molecule has 0 spiro atoms. The molecule has 3 heteroatoms. The van der Waals surface area contributed by atoms with Gasteiger partial charge in [-0.15, -0.1) is 0 Å². The largest absolute Gasteiger partial charge is 0.306 e. The molecule has 1 heterocycles. The van der Waals surface area contributed by atoms with E-state index in [1.165, 1.54) is 31.5 Å². The van der Waals surface area contributed by atoms with Gasteiger partial charge in [0.1, 0.15) is 0 Å². The van der Waals surface area contributed by atoms with E-state index in [0.717, 1.165) is 18.2 Å². The van der Waals surface area contributed by atoms with Crippen LogP contribution in [-0.4, -0.2) is 43.0 Å². The second-order valence-electron chi connectivity index (χ2n) is 5.28. The van der Waals surface area contributed by atoms with Crippen LogP contribution in [0.15, 0.2) is 24.3 Å². The van der Waals surface area contributed by atoms with Gasteiger partial charge in [0, 0.05) is 12.6 Å². The lowest BCUT2D eigenvalue weighted by atomic mass is 10.0.